The Morgan fingerprint density at radius 3 is 2.73 bits per heavy atom. The molecule has 156 valence electrons. The molecule has 1 amide bonds. The highest BCUT2D eigenvalue weighted by Gasteiger charge is 2.25. The summed E-state index contributed by atoms with van der Waals surface area (Å²) in [6, 6.07) is 13.2. The van der Waals surface area contributed by atoms with Gasteiger partial charge in [0, 0.05) is 37.6 Å². The number of carbonyl (C=O) groups is 1. The minimum absolute atomic E-state index is 0.0849. The first-order valence-electron chi connectivity index (χ1n) is 10.2. The molecule has 1 fully saturated rings. The summed E-state index contributed by atoms with van der Waals surface area (Å²) in [4.78, 5) is 30.3. The van der Waals surface area contributed by atoms with Gasteiger partial charge in [-0.15, -0.1) is 0 Å². The fourth-order valence-corrected chi connectivity index (χ4v) is 3.74. The van der Waals surface area contributed by atoms with Gasteiger partial charge in [0.1, 0.15) is 11.5 Å². The lowest BCUT2D eigenvalue weighted by molar-refractivity contribution is 0.155. The van der Waals surface area contributed by atoms with Crippen molar-refractivity contribution in [2.75, 3.05) is 30.3 Å². The number of anilines is 2. The van der Waals surface area contributed by atoms with E-state index in [0.29, 0.717) is 30.1 Å². The number of rotatable bonds is 6. The van der Waals surface area contributed by atoms with Gasteiger partial charge in [0.15, 0.2) is 0 Å². The van der Waals surface area contributed by atoms with Crippen molar-refractivity contribution in [3.8, 4) is 11.1 Å². The number of nitrogens with zero attached hydrogens (tertiary/aromatic N) is 3. The van der Waals surface area contributed by atoms with E-state index in [9.17, 15) is 9.59 Å². The number of aromatic nitrogens is 2. The minimum Gasteiger partial charge on any atom is -0.465 e. The Labute approximate surface area is 174 Å². The van der Waals surface area contributed by atoms with Crippen LogP contribution in [0.1, 0.15) is 19.8 Å². The molecule has 0 spiro atoms. The Morgan fingerprint density at radius 1 is 1.23 bits per heavy atom. The Balaban J connectivity index is 1.62. The lowest BCUT2D eigenvalue weighted by Crippen LogP contribution is -2.30. The van der Waals surface area contributed by atoms with Gasteiger partial charge in [0.2, 0.25) is 0 Å². The second-order valence-electron chi connectivity index (χ2n) is 7.43. The summed E-state index contributed by atoms with van der Waals surface area (Å²) < 4.78 is 1.55. The van der Waals surface area contributed by atoms with Crippen molar-refractivity contribution in [3.05, 3.63) is 59.0 Å². The number of nitrogens with one attached hydrogen (secondary N) is 2. The van der Waals surface area contributed by atoms with Crippen LogP contribution in [0.25, 0.3) is 16.8 Å². The second kappa shape index (κ2) is 8.44. The van der Waals surface area contributed by atoms with Crippen LogP contribution in [0, 0.1) is 0 Å². The van der Waals surface area contributed by atoms with Crippen molar-refractivity contribution in [1.82, 2.24) is 14.3 Å². The fraction of sp³-hybridized carbons (Fsp3) is 0.318. The van der Waals surface area contributed by atoms with Gasteiger partial charge in [-0.05, 0) is 42.7 Å². The van der Waals surface area contributed by atoms with Gasteiger partial charge in [-0.25, -0.2) is 9.78 Å². The van der Waals surface area contributed by atoms with Crippen molar-refractivity contribution in [1.29, 1.82) is 0 Å². The first kappa shape index (κ1) is 19.8. The molecule has 1 atom stereocenters. The van der Waals surface area contributed by atoms with Crippen LogP contribution in [-0.2, 0) is 0 Å². The van der Waals surface area contributed by atoms with Crippen LogP contribution in [-0.4, -0.2) is 51.2 Å². The van der Waals surface area contributed by atoms with E-state index in [-0.39, 0.29) is 11.6 Å². The van der Waals surface area contributed by atoms with Crippen molar-refractivity contribution in [2.45, 2.75) is 25.8 Å². The van der Waals surface area contributed by atoms with Crippen LogP contribution in [0.3, 0.4) is 0 Å². The van der Waals surface area contributed by atoms with Gasteiger partial charge in [0.05, 0.1) is 5.56 Å². The lowest BCUT2D eigenvalue weighted by Gasteiger charge is -2.16. The molecule has 3 heterocycles. The quantitative estimate of drug-likeness (QED) is 0.580. The number of benzene rings is 1. The van der Waals surface area contributed by atoms with E-state index < -0.39 is 6.09 Å². The summed E-state index contributed by atoms with van der Waals surface area (Å²) in [5, 5.41) is 15.8. The van der Waals surface area contributed by atoms with Gasteiger partial charge >= 0.3 is 6.09 Å². The summed E-state index contributed by atoms with van der Waals surface area (Å²) in [6.07, 6.45) is 2.54. The predicted octanol–water partition coefficient (Wildman–Crippen LogP) is 3.35. The zero-order valence-electron chi connectivity index (χ0n) is 16.8. The van der Waals surface area contributed by atoms with Gasteiger partial charge in [-0.1, -0.05) is 25.1 Å². The SMILES string of the molecule is CCCNc1nc2ccccn2c(=O)c1-c1ccc(NC2CCN(C(=O)O)C2)cc1. The minimum atomic E-state index is -0.883. The van der Waals surface area contributed by atoms with E-state index in [1.54, 1.807) is 10.6 Å². The molecule has 30 heavy (non-hydrogen) atoms. The predicted molar refractivity (Wildman–Crippen MR) is 117 cm³/mol. The molecule has 0 radical (unpaired) electrons. The van der Waals surface area contributed by atoms with E-state index in [4.69, 9.17) is 5.11 Å². The van der Waals surface area contributed by atoms with Crippen LogP contribution in [0.15, 0.2) is 53.5 Å². The fourth-order valence-electron chi connectivity index (χ4n) is 3.74. The molecule has 1 aliphatic heterocycles. The highest BCUT2D eigenvalue weighted by atomic mass is 16.4. The van der Waals surface area contributed by atoms with E-state index in [1.807, 2.05) is 42.5 Å². The number of hydrogen-bond donors (Lipinski definition) is 3. The first-order chi connectivity index (χ1) is 14.6. The average molecular weight is 407 g/mol. The summed E-state index contributed by atoms with van der Waals surface area (Å²) in [5.74, 6) is 0.585. The molecule has 3 N–H and O–H groups in total. The molecule has 0 saturated carbocycles. The maximum atomic E-state index is 13.2. The molecule has 0 aliphatic carbocycles. The zero-order chi connectivity index (χ0) is 21.1. The molecular weight excluding hydrogens is 382 g/mol. The monoisotopic (exact) mass is 407 g/mol. The van der Waals surface area contributed by atoms with E-state index in [0.717, 1.165) is 30.6 Å². The summed E-state index contributed by atoms with van der Waals surface area (Å²) in [7, 11) is 0. The number of fused-ring (bicyclic) bond motifs is 1. The molecule has 3 aromatic rings. The van der Waals surface area contributed by atoms with Gasteiger partial charge < -0.3 is 20.6 Å². The summed E-state index contributed by atoms with van der Waals surface area (Å²) in [5.41, 5.74) is 2.71. The normalized spacial score (nSPS) is 16.0. The summed E-state index contributed by atoms with van der Waals surface area (Å²) >= 11 is 0. The molecule has 2 aromatic heterocycles. The number of amides is 1. The molecular formula is C22H25N5O3. The van der Waals surface area contributed by atoms with Crippen molar-refractivity contribution in [2.24, 2.45) is 0 Å². The second-order valence-corrected chi connectivity index (χ2v) is 7.43. The van der Waals surface area contributed by atoms with Crippen LogP contribution in [0.4, 0.5) is 16.3 Å². The molecule has 8 heteroatoms. The molecule has 0 bridgehead atoms. The van der Waals surface area contributed by atoms with Crippen LogP contribution < -0.4 is 16.2 Å². The van der Waals surface area contributed by atoms with Gasteiger partial charge in [-0.3, -0.25) is 9.20 Å². The third-order valence-electron chi connectivity index (χ3n) is 5.28. The Kier molecular flexibility index (Phi) is 5.56. The smallest absolute Gasteiger partial charge is 0.407 e. The summed E-state index contributed by atoms with van der Waals surface area (Å²) in [6.45, 7) is 3.80. The van der Waals surface area contributed by atoms with Crippen molar-refractivity contribution in [3.63, 3.8) is 0 Å². The maximum Gasteiger partial charge on any atom is 0.407 e. The number of likely N-dealkylation sites (tertiary alicyclic amines) is 1. The highest BCUT2D eigenvalue weighted by Crippen LogP contribution is 2.26. The molecule has 8 nitrogen and oxygen atoms in total. The number of carboxylic acid groups (broad SMARTS) is 1. The van der Waals surface area contributed by atoms with Crippen LogP contribution in [0.2, 0.25) is 0 Å². The molecule has 1 saturated heterocycles. The molecule has 1 aromatic carbocycles. The van der Waals surface area contributed by atoms with Crippen LogP contribution >= 0.6 is 0 Å². The van der Waals surface area contributed by atoms with E-state index in [1.165, 1.54) is 4.90 Å². The van der Waals surface area contributed by atoms with Crippen molar-refractivity contribution < 1.29 is 9.90 Å². The Hall–Kier alpha value is -3.55. The Morgan fingerprint density at radius 2 is 2.03 bits per heavy atom. The third kappa shape index (κ3) is 3.94. The van der Waals surface area contributed by atoms with Gasteiger partial charge in [0.25, 0.3) is 5.56 Å². The molecule has 1 aliphatic rings. The highest BCUT2D eigenvalue weighted by molar-refractivity contribution is 5.77. The first-order valence-corrected chi connectivity index (χ1v) is 10.2. The number of hydrogen-bond acceptors (Lipinski definition) is 5. The Bertz CT molecular complexity index is 1110. The van der Waals surface area contributed by atoms with Crippen LogP contribution in [0.5, 0.6) is 0 Å². The number of pyridine rings is 1. The largest absolute Gasteiger partial charge is 0.465 e. The average Bonchev–Trinajstić information content (AvgIpc) is 3.22. The molecule has 4 rings (SSSR count). The third-order valence-corrected chi connectivity index (χ3v) is 5.28. The van der Waals surface area contributed by atoms with Crippen molar-refractivity contribution >= 4 is 23.2 Å². The molecule has 1 unspecified atom stereocenters. The standard InChI is InChI=1S/C22H25N5O3/c1-2-11-23-20-19(21(28)27-12-4-3-5-18(27)25-20)15-6-8-16(9-7-15)24-17-10-13-26(14-17)22(29)30/h3-9,12,17,23-24H,2,10-11,13-14H2,1H3,(H,29,30). The van der Waals surface area contributed by atoms with E-state index in [2.05, 4.69) is 22.5 Å². The van der Waals surface area contributed by atoms with Gasteiger partial charge in [-0.2, -0.15) is 0 Å². The lowest BCUT2D eigenvalue weighted by atomic mass is 10.1. The topological polar surface area (TPSA) is 99.0 Å². The zero-order valence-corrected chi connectivity index (χ0v) is 16.8. The maximum absolute atomic E-state index is 13.2. The van der Waals surface area contributed by atoms with E-state index >= 15 is 0 Å².